The molecule has 1 heterocycles. The highest BCUT2D eigenvalue weighted by Gasteiger charge is 1.99. The Morgan fingerprint density at radius 3 is 2.44 bits per heavy atom. The SMILES string of the molecule is CC(C)NCc1ccc(-c2cccs2)cc1. The number of nitrogens with one attached hydrogen (secondary N) is 1. The van der Waals surface area contributed by atoms with Crippen molar-refractivity contribution in [3.8, 4) is 10.4 Å². The van der Waals surface area contributed by atoms with Crippen LogP contribution in [0.15, 0.2) is 41.8 Å². The summed E-state index contributed by atoms with van der Waals surface area (Å²) in [5.74, 6) is 0. The lowest BCUT2D eigenvalue weighted by Gasteiger charge is -2.08. The van der Waals surface area contributed by atoms with Gasteiger partial charge >= 0.3 is 0 Å². The summed E-state index contributed by atoms with van der Waals surface area (Å²) in [5.41, 5.74) is 2.65. The maximum Gasteiger partial charge on any atom is 0.0342 e. The van der Waals surface area contributed by atoms with Crippen LogP contribution in [0.3, 0.4) is 0 Å². The zero-order valence-corrected chi connectivity index (χ0v) is 10.6. The average Bonchev–Trinajstić information content (AvgIpc) is 2.80. The van der Waals surface area contributed by atoms with Crippen LogP contribution in [0.25, 0.3) is 10.4 Å². The minimum absolute atomic E-state index is 0.539. The zero-order valence-electron chi connectivity index (χ0n) is 9.73. The first kappa shape index (κ1) is 11.4. The minimum atomic E-state index is 0.539. The summed E-state index contributed by atoms with van der Waals surface area (Å²) in [6.45, 7) is 5.28. The van der Waals surface area contributed by atoms with Crippen molar-refractivity contribution >= 4 is 11.3 Å². The number of hydrogen-bond donors (Lipinski definition) is 1. The normalized spacial score (nSPS) is 10.9. The third-order valence-electron chi connectivity index (χ3n) is 2.47. The highest BCUT2D eigenvalue weighted by molar-refractivity contribution is 7.13. The van der Waals surface area contributed by atoms with Gasteiger partial charge in [0.2, 0.25) is 0 Å². The van der Waals surface area contributed by atoms with Crippen LogP contribution < -0.4 is 5.32 Å². The summed E-state index contributed by atoms with van der Waals surface area (Å²) in [4.78, 5) is 1.34. The highest BCUT2D eigenvalue weighted by atomic mass is 32.1. The van der Waals surface area contributed by atoms with E-state index in [9.17, 15) is 0 Å². The second-order valence-corrected chi connectivity index (χ2v) is 5.16. The molecule has 0 aliphatic heterocycles. The highest BCUT2D eigenvalue weighted by Crippen LogP contribution is 2.24. The largest absolute Gasteiger partial charge is 0.310 e. The maximum atomic E-state index is 3.42. The van der Waals surface area contributed by atoms with Crippen molar-refractivity contribution in [2.24, 2.45) is 0 Å². The number of thiophene rings is 1. The fourth-order valence-electron chi connectivity index (χ4n) is 1.55. The molecular weight excluding hydrogens is 214 g/mol. The van der Waals surface area contributed by atoms with Gasteiger partial charge in [0.15, 0.2) is 0 Å². The van der Waals surface area contributed by atoms with Gasteiger partial charge in [-0.2, -0.15) is 0 Å². The third-order valence-corrected chi connectivity index (χ3v) is 3.39. The van der Waals surface area contributed by atoms with Crippen LogP contribution in [0.5, 0.6) is 0 Å². The van der Waals surface area contributed by atoms with Crippen molar-refractivity contribution in [3.63, 3.8) is 0 Å². The molecule has 0 aliphatic carbocycles. The third kappa shape index (κ3) is 2.94. The van der Waals surface area contributed by atoms with Crippen LogP contribution in [-0.4, -0.2) is 6.04 Å². The molecule has 16 heavy (non-hydrogen) atoms. The topological polar surface area (TPSA) is 12.0 Å². The molecule has 0 bridgehead atoms. The summed E-state index contributed by atoms with van der Waals surface area (Å²) >= 11 is 1.78. The standard InChI is InChI=1S/C14H17NS/c1-11(2)15-10-12-5-7-13(8-6-12)14-4-3-9-16-14/h3-9,11,15H,10H2,1-2H3. The Hall–Kier alpha value is -1.12. The molecule has 2 rings (SSSR count). The van der Waals surface area contributed by atoms with Gasteiger partial charge in [-0.05, 0) is 22.6 Å². The maximum absolute atomic E-state index is 3.42. The van der Waals surface area contributed by atoms with E-state index in [-0.39, 0.29) is 0 Å². The molecule has 84 valence electrons. The molecule has 1 N–H and O–H groups in total. The van der Waals surface area contributed by atoms with Crippen molar-refractivity contribution in [1.82, 2.24) is 5.32 Å². The first-order valence-electron chi connectivity index (χ1n) is 5.62. The van der Waals surface area contributed by atoms with Crippen molar-refractivity contribution in [1.29, 1.82) is 0 Å². The van der Waals surface area contributed by atoms with Crippen LogP contribution in [0.2, 0.25) is 0 Å². The Kier molecular flexibility index (Phi) is 3.75. The molecule has 1 aromatic carbocycles. The summed E-state index contributed by atoms with van der Waals surface area (Å²) in [5, 5.41) is 5.53. The molecule has 0 spiro atoms. The van der Waals surface area contributed by atoms with Gasteiger partial charge in [-0.25, -0.2) is 0 Å². The first-order valence-corrected chi connectivity index (χ1v) is 6.50. The zero-order chi connectivity index (χ0) is 11.4. The summed E-state index contributed by atoms with van der Waals surface area (Å²) in [6, 6.07) is 13.6. The molecule has 0 saturated carbocycles. The van der Waals surface area contributed by atoms with E-state index in [1.54, 1.807) is 11.3 Å². The van der Waals surface area contributed by atoms with E-state index in [0.717, 1.165) is 6.54 Å². The van der Waals surface area contributed by atoms with Gasteiger partial charge in [0.25, 0.3) is 0 Å². The molecule has 0 atom stereocenters. The van der Waals surface area contributed by atoms with E-state index < -0.39 is 0 Å². The van der Waals surface area contributed by atoms with Gasteiger partial charge in [0, 0.05) is 17.5 Å². The van der Waals surface area contributed by atoms with Gasteiger partial charge in [0.05, 0.1) is 0 Å². The summed E-state index contributed by atoms with van der Waals surface area (Å²) < 4.78 is 0. The van der Waals surface area contributed by atoms with Crippen LogP contribution in [0.1, 0.15) is 19.4 Å². The summed E-state index contributed by atoms with van der Waals surface area (Å²) in [6.07, 6.45) is 0. The Labute approximate surface area is 101 Å². The van der Waals surface area contributed by atoms with E-state index in [1.807, 2.05) is 0 Å². The van der Waals surface area contributed by atoms with Crippen molar-refractivity contribution in [2.75, 3.05) is 0 Å². The molecule has 0 amide bonds. The lowest BCUT2D eigenvalue weighted by molar-refractivity contribution is 0.589. The molecule has 1 nitrogen and oxygen atoms in total. The Bertz CT molecular complexity index is 415. The van der Waals surface area contributed by atoms with Gasteiger partial charge in [-0.3, -0.25) is 0 Å². The number of hydrogen-bond acceptors (Lipinski definition) is 2. The van der Waals surface area contributed by atoms with Crippen LogP contribution >= 0.6 is 11.3 Å². The number of rotatable bonds is 4. The van der Waals surface area contributed by atoms with Crippen LogP contribution in [-0.2, 0) is 6.54 Å². The number of benzene rings is 1. The van der Waals surface area contributed by atoms with E-state index in [4.69, 9.17) is 0 Å². The van der Waals surface area contributed by atoms with Gasteiger partial charge < -0.3 is 5.32 Å². The van der Waals surface area contributed by atoms with Gasteiger partial charge in [-0.15, -0.1) is 11.3 Å². The molecule has 0 unspecified atom stereocenters. The first-order chi connectivity index (χ1) is 7.75. The Morgan fingerprint density at radius 2 is 1.88 bits per heavy atom. The predicted molar refractivity (Wildman–Crippen MR) is 71.7 cm³/mol. The summed E-state index contributed by atoms with van der Waals surface area (Å²) in [7, 11) is 0. The van der Waals surface area contributed by atoms with Gasteiger partial charge in [-0.1, -0.05) is 44.2 Å². The van der Waals surface area contributed by atoms with E-state index in [1.165, 1.54) is 16.0 Å². The minimum Gasteiger partial charge on any atom is -0.310 e. The van der Waals surface area contributed by atoms with Crippen molar-refractivity contribution in [3.05, 3.63) is 47.3 Å². The Balaban J connectivity index is 2.05. The van der Waals surface area contributed by atoms with Crippen molar-refractivity contribution < 1.29 is 0 Å². The molecule has 0 radical (unpaired) electrons. The second-order valence-electron chi connectivity index (χ2n) is 4.21. The smallest absolute Gasteiger partial charge is 0.0342 e. The quantitative estimate of drug-likeness (QED) is 0.841. The van der Waals surface area contributed by atoms with Crippen LogP contribution in [0, 0.1) is 0 Å². The molecule has 0 saturated heterocycles. The second kappa shape index (κ2) is 5.28. The van der Waals surface area contributed by atoms with E-state index >= 15 is 0 Å². The lowest BCUT2D eigenvalue weighted by atomic mass is 10.1. The molecule has 2 aromatic rings. The molecule has 0 aliphatic rings. The fraction of sp³-hybridized carbons (Fsp3) is 0.286. The average molecular weight is 231 g/mol. The Morgan fingerprint density at radius 1 is 1.12 bits per heavy atom. The molecule has 1 aromatic heterocycles. The van der Waals surface area contributed by atoms with Crippen LogP contribution in [0.4, 0.5) is 0 Å². The van der Waals surface area contributed by atoms with E-state index in [2.05, 4.69) is 60.9 Å². The fourth-order valence-corrected chi connectivity index (χ4v) is 2.28. The van der Waals surface area contributed by atoms with E-state index in [0.29, 0.717) is 6.04 Å². The monoisotopic (exact) mass is 231 g/mol. The predicted octanol–water partition coefficient (Wildman–Crippen LogP) is 3.91. The molecule has 0 fully saturated rings. The molecular formula is C14H17NS. The molecule has 2 heteroatoms. The van der Waals surface area contributed by atoms with Gasteiger partial charge in [0.1, 0.15) is 0 Å². The van der Waals surface area contributed by atoms with Crippen molar-refractivity contribution in [2.45, 2.75) is 26.4 Å². The lowest BCUT2D eigenvalue weighted by Crippen LogP contribution is -2.21.